The van der Waals surface area contributed by atoms with Gasteiger partial charge >= 0.3 is 0 Å². The molecule has 0 radical (unpaired) electrons. The first-order valence-electron chi connectivity index (χ1n) is 19.7. The van der Waals surface area contributed by atoms with Crippen LogP contribution in [0, 0.1) is 76.3 Å². The molecule has 0 N–H and O–H groups in total. The summed E-state index contributed by atoms with van der Waals surface area (Å²) < 4.78 is 0. The van der Waals surface area contributed by atoms with Crippen molar-refractivity contribution in [1.82, 2.24) is 0 Å². The lowest BCUT2D eigenvalue weighted by molar-refractivity contribution is 1.12. The van der Waals surface area contributed by atoms with E-state index in [0.717, 1.165) is 25.7 Å². The molecule has 0 spiro atoms. The van der Waals surface area contributed by atoms with Crippen LogP contribution < -0.4 is 0 Å². The lowest BCUT2D eigenvalue weighted by Crippen LogP contribution is -2.08. The van der Waals surface area contributed by atoms with Gasteiger partial charge in [-0.05, 0) is 213 Å². The van der Waals surface area contributed by atoms with Crippen LogP contribution in [-0.4, -0.2) is 0 Å². The number of benzene rings is 6. The summed E-state index contributed by atoms with van der Waals surface area (Å²) >= 11 is 0. The lowest BCUT2D eigenvalue weighted by Gasteiger charge is -2.29. The van der Waals surface area contributed by atoms with Crippen molar-refractivity contribution in [3.8, 4) is 44.5 Å². The van der Waals surface area contributed by atoms with Crippen LogP contribution in [0.25, 0.3) is 44.5 Å². The van der Waals surface area contributed by atoms with Gasteiger partial charge < -0.3 is 0 Å². The zero-order valence-electron chi connectivity index (χ0n) is 33.8. The van der Waals surface area contributed by atoms with Crippen molar-refractivity contribution in [3.05, 3.63) is 160 Å². The van der Waals surface area contributed by atoms with E-state index in [1.165, 1.54) is 132 Å². The molecule has 52 heavy (non-hydrogen) atoms. The van der Waals surface area contributed by atoms with Crippen LogP contribution in [0.1, 0.15) is 94.5 Å². The van der Waals surface area contributed by atoms with Crippen molar-refractivity contribution < 1.29 is 0 Å². The third-order valence-electron chi connectivity index (χ3n) is 12.6. The Morgan fingerprint density at radius 1 is 0.327 bits per heavy atom. The van der Waals surface area contributed by atoms with Gasteiger partial charge in [-0.3, -0.25) is 0 Å². The summed E-state index contributed by atoms with van der Waals surface area (Å²) in [4.78, 5) is 0. The minimum atomic E-state index is 1.00. The second kappa shape index (κ2) is 13.7. The maximum absolute atomic E-state index is 2.53. The van der Waals surface area contributed by atoms with Crippen molar-refractivity contribution in [3.63, 3.8) is 0 Å². The number of rotatable bonds is 8. The summed E-state index contributed by atoms with van der Waals surface area (Å²) in [6.45, 7) is 27.9. The van der Waals surface area contributed by atoms with E-state index < -0.39 is 0 Å². The molecule has 0 saturated heterocycles. The second-order valence-corrected chi connectivity index (χ2v) is 15.6. The predicted molar refractivity (Wildman–Crippen MR) is 225 cm³/mol. The lowest BCUT2D eigenvalue weighted by atomic mass is 9.73. The first-order valence-corrected chi connectivity index (χ1v) is 19.7. The molecular formula is C52H56. The molecule has 0 atom stereocenters. The van der Waals surface area contributed by atoms with E-state index in [-0.39, 0.29) is 0 Å². The molecule has 0 aliphatic heterocycles. The Labute approximate surface area is 312 Å². The van der Waals surface area contributed by atoms with Crippen molar-refractivity contribution in [1.29, 1.82) is 0 Å². The standard InChI is InChI=1S/C52H56/c1-13-37-21-29(5)33(9)43(25-37)49-47-41-19-17-18-20-42(41)48(47)50(44-26-38(14-2)22-30(6)34(44)10)52(46-28-40(16-4)24-32(8)36(46)12)51(49)45-27-39(15-3)23-31(7)35(45)11/h17-28H,13-16H2,1-12H3. The Morgan fingerprint density at radius 3 is 0.827 bits per heavy atom. The molecule has 6 aromatic carbocycles. The molecule has 7 rings (SSSR count). The van der Waals surface area contributed by atoms with E-state index in [9.17, 15) is 0 Å². The predicted octanol–water partition coefficient (Wildman–Crippen LogP) is 14.0. The average Bonchev–Trinajstić information content (AvgIpc) is 3.14. The summed E-state index contributed by atoms with van der Waals surface area (Å²) in [5.41, 5.74) is 27.6. The maximum Gasteiger partial charge on any atom is -0.000730 e. The minimum Gasteiger partial charge on any atom is -0.0616 e. The largest absolute Gasteiger partial charge is 0.0616 e. The molecular weight excluding hydrogens is 625 g/mol. The highest BCUT2D eigenvalue weighted by Gasteiger charge is 2.30. The van der Waals surface area contributed by atoms with Crippen molar-refractivity contribution in [2.24, 2.45) is 0 Å². The SMILES string of the molecule is CCc1cc(C)c(C)c(-c2c(-c3cc(CC)cc(C)c3C)c(-c3cc(CC)cc(C)c3C)c3c(c2-c2cc(CC)cc(C)c2C)=c2ccccc2=3)c1. The van der Waals surface area contributed by atoms with Gasteiger partial charge in [0.25, 0.3) is 0 Å². The fourth-order valence-corrected chi connectivity index (χ4v) is 8.81. The summed E-state index contributed by atoms with van der Waals surface area (Å²) in [7, 11) is 0. The summed E-state index contributed by atoms with van der Waals surface area (Å²) in [5.74, 6) is 0. The molecule has 0 heterocycles. The first-order chi connectivity index (χ1) is 24.9. The fraction of sp³-hybridized carbons (Fsp3) is 0.308. The summed E-state index contributed by atoms with van der Waals surface area (Å²) in [5, 5.41) is 5.58. The smallest absolute Gasteiger partial charge is 0.000730 e. The van der Waals surface area contributed by atoms with E-state index in [2.05, 4.69) is 156 Å². The first kappa shape index (κ1) is 35.7. The Hall–Kier alpha value is -4.68. The van der Waals surface area contributed by atoms with Gasteiger partial charge in [-0.15, -0.1) is 0 Å². The molecule has 1 aliphatic rings. The van der Waals surface area contributed by atoms with Gasteiger partial charge in [0.15, 0.2) is 0 Å². The van der Waals surface area contributed by atoms with Crippen molar-refractivity contribution in [2.45, 2.75) is 109 Å². The van der Waals surface area contributed by atoms with E-state index in [0.29, 0.717) is 0 Å². The van der Waals surface area contributed by atoms with Crippen LogP contribution in [-0.2, 0) is 25.7 Å². The zero-order valence-corrected chi connectivity index (χ0v) is 33.8. The molecule has 1 aliphatic carbocycles. The fourth-order valence-electron chi connectivity index (χ4n) is 8.81. The maximum atomic E-state index is 2.53. The highest BCUT2D eigenvalue weighted by molar-refractivity contribution is 6.05. The molecule has 0 nitrogen and oxygen atoms in total. The van der Waals surface area contributed by atoms with Gasteiger partial charge in [-0.1, -0.05) is 100 Å². The normalized spacial score (nSPS) is 11.8. The molecule has 0 amide bonds. The monoisotopic (exact) mass is 680 g/mol. The van der Waals surface area contributed by atoms with E-state index in [4.69, 9.17) is 0 Å². The van der Waals surface area contributed by atoms with Gasteiger partial charge in [0.2, 0.25) is 0 Å². The number of hydrogen-bond acceptors (Lipinski definition) is 0. The van der Waals surface area contributed by atoms with Gasteiger partial charge in [-0.2, -0.15) is 0 Å². The van der Waals surface area contributed by atoms with Crippen LogP contribution in [0.3, 0.4) is 0 Å². The topological polar surface area (TPSA) is 0 Å². The molecule has 0 bridgehead atoms. The van der Waals surface area contributed by atoms with Gasteiger partial charge in [-0.25, -0.2) is 0 Å². The van der Waals surface area contributed by atoms with Crippen molar-refractivity contribution >= 4 is 0 Å². The Balaban J connectivity index is 1.91. The van der Waals surface area contributed by atoms with Crippen LogP contribution in [0.2, 0.25) is 0 Å². The van der Waals surface area contributed by atoms with E-state index in [1.807, 2.05) is 0 Å². The number of aryl methyl sites for hydroxylation is 8. The molecule has 6 aromatic rings. The highest BCUT2D eigenvalue weighted by atomic mass is 14.3. The van der Waals surface area contributed by atoms with Gasteiger partial charge in [0.1, 0.15) is 0 Å². The quantitative estimate of drug-likeness (QED) is 0.150. The van der Waals surface area contributed by atoms with Crippen LogP contribution >= 0.6 is 0 Å². The average molecular weight is 681 g/mol. The van der Waals surface area contributed by atoms with Gasteiger partial charge in [0.05, 0.1) is 0 Å². The highest BCUT2D eigenvalue weighted by Crippen LogP contribution is 2.52. The molecule has 0 heteroatoms. The zero-order chi connectivity index (χ0) is 37.2. The number of hydrogen-bond donors (Lipinski definition) is 0. The minimum absolute atomic E-state index is 1.00. The van der Waals surface area contributed by atoms with Crippen molar-refractivity contribution in [2.75, 3.05) is 0 Å². The Bertz CT molecular complexity index is 2450. The molecule has 0 unspecified atom stereocenters. The van der Waals surface area contributed by atoms with E-state index in [1.54, 1.807) is 0 Å². The second-order valence-electron chi connectivity index (χ2n) is 15.6. The number of fused-ring (bicyclic) bond motifs is 2. The summed E-state index contributed by atoms with van der Waals surface area (Å²) in [6, 6.07) is 28.9. The molecule has 0 saturated carbocycles. The summed E-state index contributed by atoms with van der Waals surface area (Å²) in [6.07, 6.45) is 4.03. The Kier molecular flexibility index (Phi) is 9.41. The third kappa shape index (κ3) is 5.58. The molecule has 0 aromatic heterocycles. The van der Waals surface area contributed by atoms with Gasteiger partial charge in [0, 0.05) is 0 Å². The Morgan fingerprint density at radius 2 is 0.577 bits per heavy atom. The third-order valence-corrected chi connectivity index (χ3v) is 12.6. The molecule has 0 fully saturated rings. The van der Waals surface area contributed by atoms with E-state index >= 15 is 0 Å². The van der Waals surface area contributed by atoms with Crippen LogP contribution in [0.15, 0.2) is 72.8 Å². The van der Waals surface area contributed by atoms with Crippen LogP contribution in [0.4, 0.5) is 0 Å². The van der Waals surface area contributed by atoms with Crippen LogP contribution in [0.5, 0.6) is 0 Å². The molecule has 264 valence electrons.